The number of nitrogens with zero attached hydrogens (tertiary/aromatic N) is 1. The number of hydrogen-bond donors (Lipinski definition) is 3. The zero-order valence-corrected chi connectivity index (χ0v) is 21.0. The van der Waals surface area contributed by atoms with Crippen molar-refractivity contribution in [2.24, 2.45) is 10.1 Å². The van der Waals surface area contributed by atoms with Crippen LogP contribution in [-0.4, -0.2) is 34.5 Å². The van der Waals surface area contributed by atoms with Gasteiger partial charge in [0.05, 0.1) is 4.90 Å². The molecule has 166 valence electrons. The zero-order valence-electron chi connectivity index (χ0n) is 17.9. The van der Waals surface area contributed by atoms with Crippen LogP contribution in [0.4, 0.5) is 0 Å². The molecule has 0 aliphatic carbocycles. The number of aliphatic imine (C=N–C) groups is 1. The van der Waals surface area contributed by atoms with Crippen LogP contribution < -0.4 is 15.8 Å². The highest BCUT2D eigenvalue weighted by Crippen LogP contribution is 2.15. The third-order valence-corrected chi connectivity index (χ3v) is 5.69. The molecule has 8 heteroatoms. The summed E-state index contributed by atoms with van der Waals surface area (Å²) in [6.07, 6.45) is 2.81. The molecule has 0 heterocycles. The Morgan fingerprint density at radius 2 is 1.47 bits per heavy atom. The molecule has 6 nitrogen and oxygen atoms in total. The highest BCUT2D eigenvalue weighted by Gasteiger charge is 2.06. The molecule has 0 spiro atoms. The minimum Gasteiger partial charge on any atom is -0.356 e. The van der Waals surface area contributed by atoms with E-state index in [1.807, 2.05) is 0 Å². The number of primary sulfonamides is 1. The second kappa shape index (κ2) is 12.9. The van der Waals surface area contributed by atoms with E-state index in [0.29, 0.717) is 12.5 Å². The molecule has 0 atom stereocenters. The Balaban J connectivity index is 0.00000450. The number of rotatable bonds is 9. The lowest BCUT2D eigenvalue weighted by Crippen LogP contribution is -2.38. The van der Waals surface area contributed by atoms with Gasteiger partial charge in [0, 0.05) is 20.1 Å². The van der Waals surface area contributed by atoms with Crippen molar-refractivity contribution in [3.8, 4) is 0 Å². The van der Waals surface area contributed by atoms with Crippen LogP contribution >= 0.6 is 24.0 Å². The smallest absolute Gasteiger partial charge is 0.238 e. The van der Waals surface area contributed by atoms with Gasteiger partial charge in [-0.05, 0) is 54.0 Å². The van der Waals surface area contributed by atoms with E-state index >= 15 is 0 Å². The van der Waals surface area contributed by atoms with Crippen LogP contribution in [0.2, 0.25) is 0 Å². The van der Waals surface area contributed by atoms with Crippen molar-refractivity contribution < 1.29 is 8.42 Å². The molecular formula is C22H33IN4O2S. The van der Waals surface area contributed by atoms with Crippen molar-refractivity contribution in [1.29, 1.82) is 0 Å². The summed E-state index contributed by atoms with van der Waals surface area (Å²) in [7, 11) is -1.89. The van der Waals surface area contributed by atoms with E-state index in [1.165, 1.54) is 23.3 Å². The van der Waals surface area contributed by atoms with Gasteiger partial charge in [-0.2, -0.15) is 0 Å². The summed E-state index contributed by atoms with van der Waals surface area (Å²) in [5.74, 6) is 1.33. The van der Waals surface area contributed by atoms with E-state index in [9.17, 15) is 8.42 Å². The van der Waals surface area contributed by atoms with Gasteiger partial charge in [0.25, 0.3) is 0 Å². The monoisotopic (exact) mass is 544 g/mol. The van der Waals surface area contributed by atoms with Gasteiger partial charge in [0.2, 0.25) is 10.0 Å². The summed E-state index contributed by atoms with van der Waals surface area (Å²) in [5, 5.41) is 11.7. The van der Waals surface area contributed by atoms with Crippen LogP contribution in [-0.2, 0) is 22.9 Å². The van der Waals surface area contributed by atoms with E-state index in [4.69, 9.17) is 5.14 Å². The van der Waals surface area contributed by atoms with Gasteiger partial charge in [-0.15, -0.1) is 24.0 Å². The molecule has 2 rings (SSSR count). The number of sulfonamides is 1. The standard InChI is InChI=1S/C22H32N4O2S.HI/c1-17(2)20-10-6-18(7-11-20)5-4-15-25-22(24-3)26-16-14-19-8-12-21(13-9-19)29(23,27)28;/h6-13,17H,4-5,14-16H2,1-3H3,(H2,23,27,28)(H2,24,25,26);1H. The van der Waals surface area contributed by atoms with Gasteiger partial charge in [-0.1, -0.05) is 50.2 Å². The number of nitrogens with one attached hydrogen (secondary N) is 2. The average molecular weight is 545 g/mol. The summed E-state index contributed by atoms with van der Waals surface area (Å²) < 4.78 is 22.6. The minimum absolute atomic E-state index is 0. The molecule has 0 fully saturated rings. The number of benzene rings is 2. The fourth-order valence-electron chi connectivity index (χ4n) is 2.96. The van der Waals surface area contributed by atoms with Crippen LogP contribution in [0, 0.1) is 0 Å². The van der Waals surface area contributed by atoms with Gasteiger partial charge < -0.3 is 10.6 Å². The van der Waals surface area contributed by atoms with Crippen molar-refractivity contribution in [2.45, 2.75) is 43.9 Å². The van der Waals surface area contributed by atoms with Crippen molar-refractivity contribution in [1.82, 2.24) is 10.6 Å². The highest BCUT2D eigenvalue weighted by molar-refractivity contribution is 14.0. The molecule has 0 aromatic heterocycles. The fraction of sp³-hybridized carbons (Fsp3) is 0.409. The number of nitrogens with two attached hydrogens (primary N) is 1. The van der Waals surface area contributed by atoms with Crippen LogP contribution in [0.3, 0.4) is 0 Å². The second-order valence-electron chi connectivity index (χ2n) is 7.36. The topological polar surface area (TPSA) is 96.6 Å². The largest absolute Gasteiger partial charge is 0.356 e. The molecule has 0 aliphatic rings. The van der Waals surface area contributed by atoms with E-state index in [0.717, 1.165) is 37.3 Å². The first kappa shape index (κ1) is 26.4. The van der Waals surface area contributed by atoms with Gasteiger partial charge in [-0.3, -0.25) is 4.99 Å². The Bertz CT molecular complexity index is 896. The van der Waals surface area contributed by atoms with E-state index in [-0.39, 0.29) is 28.9 Å². The molecule has 0 radical (unpaired) electrons. The minimum atomic E-state index is -3.64. The highest BCUT2D eigenvalue weighted by atomic mass is 127. The normalized spacial score (nSPS) is 11.8. The number of aryl methyl sites for hydroxylation is 1. The van der Waals surface area contributed by atoms with Crippen molar-refractivity contribution >= 4 is 40.0 Å². The maximum Gasteiger partial charge on any atom is 0.238 e. The van der Waals surface area contributed by atoms with E-state index in [2.05, 4.69) is 53.7 Å². The maximum atomic E-state index is 11.3. The summed E-state index contributed by atoms with van der Waals surface area (Å²) in [5.41, 5.74) is 3.75. The van der Waals surface area contributed by atoms with Crippen molar-refractivity contribution in [3.05, 3.63) is 65.2 Å². The first-order valence-electron chi connectivity index (χ1n) is 9.94. The Morgan fingerprint density at radius 1 is 0.933 bits per heavy atom. The molecule has 0 saturated heterocycles. The zero-order chi connectivity index (χ0) is 21.3. The number of hydrogen-bond acceptors (Lipinski definition) is 3. The molecule has 0 aliphatic heterocycles. The predicted octanol–water partition coefficient (Wildman–Crippen LogP) is 3.42. The quantitative estimate of drug-likeness (QED) is 0.195. The summed E-state index contributed by atoms with van der Waals surface area (Å²) in [6.45, 7) is 5.95. The molecule has 0 amide bonds. The third kappa shape index (κ3) is 9.01. The molecule has 30 heavy (non-hydrogen) atoms. The molecule has 2 aromatic rings. The summed E-state index contributed by atoms with van der Waals surface area (Å²) >= 11 is 0. The molecule has 0 bridgehead atoms. The summed E-state index contributed by atoms with van der Waals surface area (Å²) in [4.78, 5) is 4.37. The number of guanidine groups is 1. The van der Waals surface area contributed by atoms with Gasteiger partial charge in [0.15, 0.2) is 5.96 Å². The molecule has 0 unspecified atom stereocenters. The second-order valence-corrected chi connectivity index (χ2v) is 8.93. The first-order valence-corrected chi connectivity index (χ1v) is 11.5. The van der Waals surface area contributed by atoms with E-state index < -0.39 is 10.0 Å². The van der Waals surface area contributed by atoms with Crippen LogP contribution in [0.1, 0.15) is 42.9 Å². The lowest BCUT2D eigenvalue weighted by atomic mass is 10.0. The molecule has 2 aromatic carbocycles. The predicted molar refractivity (Wildman–Crippen MR) is 135 cm³/mol. The lowest BCUT2D eigenvalue weighted by molar-refractivity contribution is 0.598. The summed E-state index contributed by atoms with van der Waals surface area (Å²) in [6, 6.07) is 15.5. The van der Waals surface area contributed by atoms with Crippen LogP contribution in [0.25, 0.3) is 0 Å². The Kier molecular flexibility index (Phi) is 11.4. The van der Waals surface area contributed by atoms with Gasteiger partial charge in [-0.25, -0.2) is 13.6 Å². The van der Waals surface area contributed by atoms with Gasteiger partial charge in [0.1, 0.15) is 0 Å². The number of halogens is 1. The molecular weight excluding hydrogens is 511 g/mol. The van der Waals surface area contributed by atoms with Crippen molar-refractivity contribution in [2.75, 3.05) is 20.1 Å². The van der Waals surface area contributed by atoms with Crippen LogP contribution in [0.15, 0.2) is 58.4 Å². The van der Waals surface area contributed by atoms with Crippen molar-refractivity contribution in [3.63, 3.8) is 0 Å². The van der Waals surface area contributed by atoms with E-state index in [1.54, 1.807) is 19.2 Å². The molecule has 4 N–H and O–H groups in total. The Labute approximate surface area is 197 Å². The maximum absolute atomic E-state index is 11.3. The SMILES string of the molecule is CN=C(NCCCc1ccc(C(C)C)cc1)NCCc1ccc(S(N)(=O)=O)cc1.I. The van der Waals surface area contributed by atoms with Crippen LogP contribution in [0.5, 0.6) is 0 Å². The average Bonchev–Trinajstić information content (AvgIpc) is 2.69. The lowest BCUT2D eigenvalue weighted by Gasteiger charge is -2.12. The first-order chi connectivity index (χ1) is 13.8. The fourth-order valence-corrected chi connectivity index (χ4v) is 3.48. The Morgan fingerprint density at radius 3 is 2.00 bits per heavy atom. The third-order valence-electron chi connectivity index (χ3n) is 4.76. The molecule has 0 saturated carbocycles. The van der Waals surface area contributed by atoms with Gasteiger partial charge >= 0.3 is 0 Å². The Hall–Kier alpha value is -1.65.